The van der Waals surface area contributed by atoms with Crippen molar-refractivity contribution in [2.24, 2.45) is 0 Å². The molecule has 4 rings (SSSR count). The number of nitrogens with one attached hydrogen (secondary N) is 1. The predicted molar refractivity (Wildman–Crippen MR) is 113 cm³/mol. The van der Waals surface area contributed by atoms with Crippen molar-refractivity contribution in [1.29, 1.82) is 0 Å². The second-order valence-corrected chi connectivity index (χ2v) is 8.21. The van der Waals surface area contributed by atoms with E-state index >= 15 is 4.39 Å². The summed E-state index contributed by atoms with van der Waals surface area (Å²) in [5, 5.41) is 3.36. The molecule has 1 saturated heterocycles. The highest BCUT2D eigenvalue weighted by atomic mass is 19.1. The minimum atomic E-state index is -1.29. The zero-order valence-electron chi connectivity index (χ0n) is 16.9. The highest BCUT2D eigenvalue weighted by Crippen LogP contribution is 2.41. The molecule has 2 atom stereocenters. The van der Waals surface area contributed by atoms with Gasteiger partial charge in [-0.15, -0.1) is 0 Å². The van der Waals surface area contributed by atoms with E-state index in [0.29, 0.717) is 44.1 Å². The number of amides is 1. The largest absolute Gasteiger partial charge is 0.445 e. The lowest BCUT2D eigenvalue weighted by molar-refractivity contribution is 0.0408. The Labute approximate surface area is 176 Å². The van der Waals surface area contributed by atoms with Crippen molar-refractivity contribution >= 4 is 11.8 Å². The molecule has 1 heterocycles. The van der Waals surface area contributed by atoms with Crippen molar-refractivity contribution in [1.82, 2.24) is 10.2 Å². The first kappa shape index (κ1) is 20.4. The lowest BCUT2D eigenvalue weighted by Gasteiger charge is -2.36. The minimum absolute atomic E-state index is 0.235. The number of rotatable bonds is 6. The molecule has 6 heteroatoms. The van der Waals surface area contributed by atoms with Crippen molar-refractivity contribution in [2.75, 3.05) is 19.6 Å². The van der Waals surface area contributed by atoms with Gasteiger partial charge < -0.3 is 15.0 Å². The Hall–Kier alpha value is -2.91. The predicted octanol–water partition coefficient (Wildman–Crippen LogP) is 4.82. The summed E-state index contributed by atoms with van der Waals surface area (Å²) in [5.41, 5.74) is 1.48. The van der Waals surface area contributed by atoms with Crippen molar-refractivity contribution < 1.29 is 13.9 Å². The Kier molecular flexibility index (Phi) is 6.01. The molecule has 1 aliphatic heterocycles. The number of nitrogens with zero attached hydrogens (tertiary/aromatic N) is 2. The molecule has 0 radical (unpaired) electrons. The van der Waals surface area contributed by atoms with E-state index in [1.807, 2.05) is 54.6 Å². The van der Waals surface area contributed by atoms with Crippen LogP contribution in [0, 0.1) is 6.57 Å². The van der Waals surface area contributed by atoms with E-state index in [0.717, 1.165) is 12.0 Å². The van der Waals surface area contributed by atoms with Crippen LogP contribution in [0.15, 0.2) is 54.6 Å². The van der Waals surface area contributed by atoms with Crippen molar-refractivity contribution in [3.05, 3.63) is 77.1 Å². The molecule has 1 saturated carbocycles. The Morgan fingerprint density at radius 2 is 1.87 bits per heavy atom. The first-order chi connectivity index (χ1) is 14.6. The molecule has 0 spiro atoms. The third-order valence-corrected chi connectivity index (χ3v) is 6.04. The Balaban J connectivity index is 1.19. The summed E-state index contributed by atoms with van der Waals surface area (Å²) < 4.78 is 20.6. The molecule has 1 amide bonds. The first-order valence-electron chi connectivity index (χ1n) is 10.4. The average molecular weight is 407 g/mol. The molecule has 2 aliphatic rings. The molecule has 2 aromatic rings. The number of carbonyl (C=O) groups is 1. The van der Waals surface area contributed by atoms with Gasteiger partial charge in [0.25, 0.3) is 0 Å². The fourth-order valence-corrected chi connectivity index (χ4v) is 3.98. The molecule has 0 bridgehead atoms. The summed E-state index contributed by atoms with van der Waals surface area (Å²) in [5.74, 6) is 0.390. The second-order valence-electron chi connectivity index (χ2n) is 8.21. The Morgan fingerprint density at radius 3 is 2.53 bits per heavy atom. The number of hydrogen-bond acceptors (Lipinski definition) is 3. The van der Waals surface area contributed by atoms with Crippen LogP contribution in [0.25, 0.3) is 4.85 Å². The molecule has 0 aromatic heterocycles. The van der Waals surface area contributed by atoms with Crippen molar-refractivity contribution in [3.63, 3.8) is 0 Å². The van der Waals surface area contributed by atoms with Gasteiger partial charge in [0.05, 0.1) is 6.57 Å². The number of ether oxygens (including phenoxy) is 1. The fourth-order valence-electron chi connectivity index (χ4n) is 3.98. The topological polar surface area (TPSA) is 45.9 Å². The average Bonchev–Trinajstić information content (AvgIpc) is 3.57. The van der Waals surface area contributed by atoms with Crippen LogP contribution in [0.4, 0.5) is 14.9 Å². The molecule has 2 fully saturated rings. The van der Waals surface area contributed by atoms with Gasteiger partial charge in [0.1, 0.15) is 12.3 Å². The summed E-state index contributed by atoms with van der Waals surface area (Å²) in [6, 6.07) is 17.5. The van der Waals surface area contributed by atoms with Crippen LogP contribution in [0.3, 0.4) is 0 Å². The van der Waals surface area contributed by atoms with Crippen LogP contribution in [-0.2, 0) is 11.3 Å². The van der Waals surface area contributed by atoms with E-state index in [9.17, 15) is 4.79 Å². The number of alkyl halides is 1. The normalized spacial score (nSPS) is 22.2. The monoisotopic (exact) mass is 407 g/mol. The second kappa shape index (κ2) is 8.85. The van der Waals surface area contributed by atoms with Gasteiger partial charge in [0.15, 0.2) is 5.69 Å². The van der Waals surface area contributed by atoms with Gasteiger partial charge >= 0.3 is 6.09 Å². The van der Waals surface area contributed by atoms with E-state index in [4.69, 9.17) is 11.3 Å². The van der Waals surface area contributed by atoms with Gasteiger partial charge in [-0.1, -0.05) is 54.6 Å². The molecular weight excluding hydrogens is 381 g/mol. The molecule has 2 unspecified atom stereocenters. The molecule has 5 nitrogen and oxygen atoms in total. The van der Waals surface area contributed by atoms with Crippen molar-refractivity contribution in [2.45, 2.75) is 43.5 Å². The van der Waals surface area contributed by atoms with Gasteiger partial charge in [-0.3, -0.25) is 0 Å². The lowest BCUT2D eigenvalue weighted by Crippen LogP contribution is -2.49. The quantitative estimate of drug-likeness (QED) is 0.698. The number of likely N-dealkylation sites (tertiary alicyclic amines) is 1. The third kappa shape index (κ3) is 4.98. The Bertz CT molecular complexity index is 902. The molecule has 1 aliphatic carbocycles. The number of carbonyl (C=O) groups excluding carboxylic acids is 1. The number of hydrogen-bond donors (Lipinski definition) is 1. The van der Waals surface area contributed by atoms with Gasteiger partial charge in [-0.05, 0) is 17.5 Å². The van der Waals surface area contributed by atoms with Gasteiger partial charge in [-0.25, -0.2) is 14.0 Å². The van der Waals surface area contributed by atoms with Crippen LogP contribution < -0.4 is 5.32 Å². The van der Waals surface area contributed by atoms with E-state index in [-0.39, 0.29) is 18.7 Å². The summed E-state index contributed by atoms with van der Waals surface area (Å²) in [4.78, 5) is 17.3. The summed E-state index contributed by atoms with van der Waals surface area (Å²) in [6.07, 6.45) is 1.25. The van der Waals surface area contributed by atoms with E-state index in [1.54, 1.807) is 4.90 Å². The standard InChI is InChI=1S/C24H26FN3O2/c1-26-20-9-7-19(8-10-20)21-15-22(21)27-17-24(25)11-13-28(14-12-24)23(29)30-16-18-5-3-2-4-6-18/h2-10,21-22,27H,11-17H2. The molecular formula is C24H26FN3O2. The van der Waals surface area contributed by atoms with Gasteiger partial charge in [-0.2, -0.15) is 0 Å². The highest BCUT2D eigenvalue weighted by molar-refractivity contribution is 5.67. The SMILES string of the molecule is [C-]#[N+]c1ccc(C2CC2NCC2(F)CCN(C(=O)OCc3ccccc3)CC2)cc1. The van der Waals surface area contributed by atoms with Gasteiger partial charge in [0.2, 0.25) is 0 Å². The maximum atomic E-state index is 15.2. The minimum Gasteiger partial charge on any atom is -0.445 e. The van der Waals surface area contributed by atoms with Crippen molar-refractivity contribution in [3.8, 4) is 0 Å². The van der Waals surface area contributed by atoms with E-state index < -0.39 is 5.67 Å². The fraction of sp³-hybridized carbons (Fsp3) is 0.417. The number of benzene rings is 2. The van der Waals surface area contributed by atoms with Gasteiger partial charge in [0, 0.05) is 44.4 Å². The molecule has 1 N–H and O–H groups in total. The molecule has 2 aromatic carbocycles. The number of piperidine rings is 1. The smallest absolute Gasteiger partial charge is 0.410 e. The summed E-state index contributed by atoms with van der Waals surface area (Å²) in [6.45, 7) is 8.31. The van der Waals surface area contributed by atoms with Crippen LogP contribution in [0.5, 0.6) is 0 Å². The maximum Gasteiger partial charge on any atom is 0.410 e. The maximum absolute atomic E-state index is 15.2. The first-order valence-corrected chi connectivity index (χ1v) is 10.4. The number of halogens is 1. The van der Waals surface area contributed by atoms with E-state index in [1.165, 1.54) is 5.56 Å². The third-order valence-electron chi connectivity index (χ3n) is 6.04. The van der Waals surface area contributed by atoms with Crippen LogP contribution in [0.1, 0.15) is 36.3 Å². The van der Waals surface area contributed by atoms with E-state index in [2.05, 4.69) is 10.2 Å². The summed E-state index contributed by atoms with van der Waals surface area (Å²) in [7, 11) is 0. The zero-order chi connectivity index (χ0) is 21.0. The lowest BCUT2D eigenvalue weighted by atomic mass is 9.93. The molecule has 30 heavy (non-hydrogen) atoms. The van der Waals surface area contributed by atoms with Crippen LogP contribution >= 0.6 is 0 Å². The van der Waals surface area contributed by atoms with Crippen LogP contribution in [-0.4, -0.2) is 42.3 Å². The molecule has 156 valence electrons. The summed E-state index contributed by atoms with van der Waals surface area (Å²) >= 11 is 0. The highest BCUT2D eigenvalue weighted by Gasteiger charge is 2.42. The van der Waals surface area contributed by atoms with Crippen LogP contribution in [0.2, 0.25) is 0 Å². The zero-order valence-corrected chi connectivity index (χ0v) is 16.9. The Morgan fingerprint density at radius 1 is 1.17 bits per heavy atom.